The van der Waals surface area contributed by atoms with Crippen LogP contribution in [0.5, 0.6) is 0 Å². The van der Waals surface area contributed by atoms with Gasteiger partial charge in [0, 0.05) is 6.20 Å². The third kappa shape index (κ3) is 1.28. The van der Waals surface area contributed by atoms with Crippen molar-refractivity contribution in [2.45, 2.75) is 6.10 Å². The second kappa shape index (κ2) is 2.43. The second-order valence-electron chi connectivity index (χ2n) is 2.40. The molecule has 3 nitrogen and oxygen atoms in total. The summed E-state index contributed by atoms with van der Waals surface area (Å²) in [5, 5.41) is 0. The number of ether oxygens (including phenoxy) is 1. The van der Waals surface area contributed by atoms with E-state index in [4.69, 9.17) is 4.74 Å². The van der Waals surface area contributed by atoms with Gasteiger partial charge in [-0.25, -0.2) is 0 Å². The highest BCUT2D eigenvalue weighted by Gasteiger charge is 2.32. The van der Waals surface area contributed by atoms with Crippen molar-refractivity contribution in [2.75, 3.05) is 6.61 Å². The first-order valence-corrected chi connectivity index (χ1v) is 3.45. The molecular formula is C8H7NO2. The van der Waals surface area contributed by atoms with Gasteiger partial charge in [-0.2, -0.15) is 0 Å². The van der Waals surface area contributed by atoms with Crippen LogP contribution in [0, 0.1) is 0 Å². The smallest absolute Gasteiger partial charge is 0.212 e. The van der Waals surface area contributed by atoms with Gasteiger partial charge in [0.1, 0.15) is 11.8 Å². The van der Waals surface area contributed by atoms with E-state index in [-0.39, 0.29) is 11.9 Å². The number of carbonyl (C=O) groups is 1. The van der Waals surface area contributed by atoms with E-state index in [1.54, 1.807) is 24.4 Å². The van der Waals surface area contributed by atoms with Crippen LogP contribution in [0.15, 0.2) is 24.4 Å². The van der Waals surface area contributed by atoms with Crippen LogP contribution in [0.2, 0.25) is 0 Å². The summed E-state index contributed by atoms with van der Waals surface area (Å²) in [7, 11) is 0. The van der Waals surface area contributed by atoms with Crippen LogP contribution < -0.4 is 0 Å². The molecule has 56 valence electrons. The number of hydrogen-bond acceptors (Lipinski definition) is 3. The topological polar surface area (TPSA) is 42.5 Å². The molecule has 0 amide bonds. The number of ketones is 1. The lowest BCUT2D eigenvalue weighted by Gasteiger charge is -1.92. The van der Waals surface area contributed by atoms with Crippen molar-refractivity contribution < 1.29 is 9.53 Å². The van der Waals surface area contributed by atoms with E-state index in [1.807, 2.05) is 0 Å². The molecule has 0 aliphatic carbocycles. The molecule has 0 bridgehead atoms. The van der Waals surface area contributed by atoms with E-state index >= 15 is 0 Å². The maximum atomic E-state index is 11.2. The molecule has 0 N–H and O–H groups in total. The van der Waals surface area contributed by atoms with E-state index < -0.39 is 0 Å². The SMILES string of the molecule is O=C(c1ccccn1)C1CO1. The van der Waals surface area contributed by atoms with E-state index in [9.17, 15) is 4.79 Å². The highest BCUT2D eigenvalue weighted by Crippen LogP contribution is 2.14. The summed E-state index contributed by atoms with van der Waals surface area (Å²) in [6.45, 7) is 0.551. The Hall–Kier alpha value is -1.22. The molecule has 1 aromatic rings. The number of carbonyl (C=O) groups excluding carboxylic acids is 1. The van der Waals surface area contributed by atoms with Crippen molar-refractivity contribution >= 4 is 5.78 Å². The van der Waals surface area contributed by atoms with Crippen LogP contribution in [-0.4, -0.2) is 23.5 Å². The third-order valence-electron chi connectivity index (χ3n) is 1.54. The molecule has 0 radical (unpaired) electrons. The number of pyridine rings is 1. The molecule has 1 aliphatic rings. The van der Waals surface area contributed by atoms with Gasteiger partial charge in [0.2, 0.25) is 5.78 Å². The lowest BCUT2D eigenvalue weighted by atomic mass is 10.2. The molecule has 0 saturated carbocycles. The Kier molecular flexibility index (Phi) is 1.43. The van der Waals surface area contributed by atoms with Gasteiger partial charge >= 0.3 is 0 Å². The minimum absolute atomic E-state index is 0.00870. The van der Waals surface area contributed by atoms with Crippen molar-refractivity contribution in [3.05, 3.63) is 30.1 Å². The molecular weight excluding hydrogens is 142 g/mol. The molecule has 1 saturated heterocycles. The summed E-state index contributed by atoms with van der Waals surface area (Å²) in [5.41, 5.74) is 0.495. The van der Waals surface area contributed by atoms with Crippen LogP contribution in [0.4, 0.5) is 0 Å². The fraction of sp³-hybridized carbons (Fsp3) is 0.250. The predicted molar refractivity (Wildman–Crippen MR) is 38.3 cm³/mol. The van der Waals surface area contributed by atoms with Crippen LogP contribution in [0.3, 0.4) is 0 Å². The van der Waals surface area contributed by atoms with E-state index in [0.29, 0.717) is 12.3 Å². The first-order valence-electron chi connectivity index (χ1n) is 3.45. The maximum Gasteiger partial charge on any atom is 0.212 e. The second-order valence-corrected chi connectivity index (χ2v) is 2.40. The molecule has 1 aromatic heterocycles. The summed E-state index contributed by atoms with van der Waals surface area (Å²) in [6, 6.07) is 5.27. The van der Waals surface area contributed by atoms with Crippen molar-refractivity contribution in [3.63, 3.8) is 0 Å². The lowest BCUT2D eigenvalue weighted by molar-refractivity contribution is 0.0949. The van der Waals surface area contributed by atoms with Gasteiger partial charge in [-0.15, -0.1) is 0 Å². The van der Waals surface area contributed by atoms with Crippen molar-refractivity contribution in [3.8, 4) is 0 Å². The molecule has 2 heterocycles. The Morgan fingerprint density at radius 1 is 1.64 bits per heavy atom. The zero-order chi connectivity index (χ0) is 7.68. The van der Waals surface area contributed by atoms with E-state index in [2.05, 4.69) is 4.98 Å². The fourth-order valence-corrected chi connectivity index (χ4v) is 0.873. The minimum atomic E-state index is -0.218. The van der Waals surface area contributed by atoms with Gasteiger partial charge in [0.15, 0.2) is 0 Å². The third-order valence-corrected chi connectivity index (χ3v) is 1.54. The van der Waals surface area contributed by atoms with Crippen molar-refractivity contribution in [2.24, 2.45) is 0 Å². The maximum absolute atomic E-state index is 11.2. The number of rotatable bonds is 2. The first-order chi connectivity index (χ1) is 5.38. The summed E-state index contributed by atoms with van der Waals surface area (Å²) in [5.74, 6) is -0.00870. The van der Waals surface area contributed by atoms with Gasteiger partial charge in [0.05, 0.1) is 6.61 Å². The van der Waals surface area contributed by atoms with Gasteiger partial charge in [-0.1, -0.05) is 6.07 Å². The van der Waals surface area contributed by atoms with Crippen LogP contribution >= 0.6 is 0 Å². The predicted octanol–water partition coefficient (Wildman–Crippen LogP) is 0.663. The van der Waals surface area contributed by atoms with E-state index in [1.165, 1.54) is 0 Å². The average molecular weight is 149 g/mol. The summed E-state index contributed by atoms with van der Waals surface area (Å²) >= 11 is 0. The molecule has 1 aliphatic heterocycles. The summed E-state index contributed by atoms with van der Waals surface area (Å²) in [4.78, 5) is 15.1. The Bertz CT molecular complexity index is 267. The number of nitrogens with zero attached hydrogens (tertiary/aromatic N) is 1. The Morgan fingerprint density at radius 3 is 3.00 bits per heavy atom. The van der Waals surface area contributed by atoms with E-state index in [0.717, 1.165) is 0 Å². The van der Waals surface area contributed by atoms with Gasteiger partial charge in [0.25, 0.3) is 0 Å². The standard InChI is InChI=1S/C8H7NO2/c10-8(7-5-11-7)6-3-1-2-4-9-6/h1-4,7H,5H2. The lowest BCUT2D eigenvalue weighted by Crippen LogP contribution is -2.08. The molecule has 0 aromatic carbocycles. The monoisotopic (exact) mass is 149 g/mol. The van der Waals surface area contributed by atoms with Crippen LogP contribution in [0.1, 0.15) is 10.5 Å². The molecule has 11 heavy (non-hydrogen) atoms. The fourth-order valence-electron chi connectivity index (χ4n) is 0.873. The molecule has 1 fully saturated rings. The quantitative estimate of drug-likeness (QED) is 0.458. The van der Waals surface area contributed by atoms with Gasteiger partial charge < -0.3 is 4.74 Å². The number of aromatic nitrogens is 1. The van der Waals surface area contributed by atoms with Crippen LogP contribution in [-0.2, 0) is 4.74 Å². The molecule has 3 heteroatoms. The molecule has 0 spiro atoms. The highest BCUT2D eigenvalue weighted by molar-refractivity contribution is 5.99. The summed E-state index contributed by atoms with van der Waals surface area (Å²) in [6.07, 6.45) is 1.39. The summed E-state index contributed by atoms with van der Waals surface area (Å²) < 4.78 is 4.84. The molecule has 2 rings (SSSR count). The Labute approximate surface area is 64.0 Å². The molecule has 1 unspecified atom stereocenters. The normalized spacial score (nSPS) is 21.3. The number of epoxide rings is 1. The zero-order valence-electron chi connectivity index (χ0n) is 5.86. The van der Waals surface area contributed by atoms with Gasteiger partial charge in [-0.05, 0) is 12.1 Å². The molecule has 1 atom stereocenters. The van der Waals surface area contributed by atoms with Gasteiger partial charge in [-0.3, -0.25) is 9.78 Å². The first kappa shape index (κ1) is 6.49. The Balaban J connectivity index is 2.22. The number of hydrogen-bond donors (Lipinski definition) is 0. The number of Topliss-reactive ketones (excluding diaryl/α,β-unsaturated/α-hetero) is 1. The minimum Gasteiger partial charge on any atom is -0.364 e. The van der Waals surface area contributed by atoms with Crippen molar-refractivity contribution in [1.29, 1.82) is 0 Å². The zero-order valence-corrected chi connectivity index (χ0v) is 5.86. The van der Waals surface area contributed by atoms with Crippen LogP contribution in [0.25, 0.3) is 0 Å². The Morgan fingerprint density at radius 2 is 2.45 bits per heavy atom. The highest BCUT2D eigenvalue weighted by atomic mass is 16.6. The largest absolute Gasteiger partial charge is 0.364 e. The average Bonchev–Trinajstić information content (AvgIpc) is 2.87. The van der Waals surface area contributed by atoms with Crippen molar-refractivity contribution in [1.82, 2.24) is 4.98 Å².